The molecule has 5 rings (SSSR count). The highest BCUT2D eigenvalue weighted by Gasteiger charge is 2.23. The van der Waals surface area contributed by atoms with Gasteiger partial charge >= 0.3 is 5.97 Å². The quantitative estimate of drug-likeness (QED) is 0.162. The van der Waals surface area contributed by atoms with E-state index in [2.05, 4.69) is 20.5 Å². The first-order valence-corrected chi connectivity index (χ1v) is 13.4. The summed E-state index contributed by atoms with van der Waals surface area (Å²) in [6.07, 6.45) is 2.82. The Labute approximate surface area is 231 Å². The predicted molar refractivity (Wildman–Crippen MR) is 152 cm³/mol. The third kappa shape index (κ3) is 6.14. The molecule has 40 heavy (non-hydrogen) atoms. The highest BCUT2D eigenvalue weighted by atomic mass is 16.5. The summed E-state index contributed by atoms with van der Waals surface area (Å²) in [4.78, 5) is 27.6. The molecule has 2 heterocycles. The van der Waals surface area contributed by atoms with Crippen molar-refractivity contribution < 1.29 is 23.8 Å². The summed E-state index contributed by atoms with van der Waals surface area (Å²) in [5.74, 6) is 0.442. The summed E-state index contributed by atoms with van der Waals surface area (Å²) in [6, 6.07) is 19.2. The van der Waals surface area contributed by atoms with Crippen LogP contribution >= 0.6 is 0 Å². The molecule has 9 heteroatoms. The number of aromatic nitrogens is 3. The lowest BCUT2D eigenvalue weighted by Gasteiger charge is -2.15. The SMILES string of the molecule is COc1ccc2[nH]c(C)c(CC(=O)N[C@@H](CCCCCC(=O)O)c3nnc(-c4ccc5ccccc5c4)o3)c2c1. The number of hydrogen-bond donors (Lipinski definition) is 3. The molecular formula is C31H32N4O5. The molecule has 9 nitrogen and oxygen atoms in total. The molecule has 3 N–H and O–H groups in total. The van der Waals surface area contributed by atoms with E-state index in [9.17, 15) is 9.59 Å². The Morgan fingerprint density at radius 1 is 1.02 bits per heavy atom. The number of aromatic amines is 1. The Morgan fingerprint density at radius 2 is 1.85 bits per heavy atom. The summed E-state index contributed by atoms with van der Waals surface area (Å²) >= 11 is 0. The number of hydrogen-bond acceptors (Lipinski definition) is 6. The molecule has 0 aliphatic rings. The number of carbonyl (C=O) groups is 2. The third-order valence-corrected chi connectivity index (χ3v) is 7.12. The fourth-order valence-electron chi connectivity index (χ4n) is 5.00. The number of carboxylic acid groups (broad SMARTS) is 1. The van der Waals surface area contributed by atoms with Crippen LogP contribution < -0.4 is 10.1 Å². The van der Waals surface area contributed by atoms with Crippen LogP contribution in [0.5, 0.6) is 5.75 Å². The summed E-state index contributed by atoms with van der Waals surface area (Å²) in [7, 11) is 1.62. The third-order valence-electron chi connectivity index (χ3n) is 7.12. The minimum Gasteiger partial charge on any atom is -0.497 e. The van der Waals surface area contributed by atoms with E-state index in [-0.39, 0.29) is 18.7 Å². The van der Waals surface area contributed by atoms with E-state index in [1.54, 1.807) is 7.11 Å². The molecule has 0 bridgehead atoms. The lowest BCUT2D eigenvalue weighted by molar-refractivity contribution is -0.137. The molecule has 206 valence electrons. The van der Waals surface area contributed by atoms with Gasteiger partial charge in [-0.15, -0.1) is 10.2 Å². The Kier molecular flexibility index (Phi) is 8.10. The zero-order valence-electron chi connectivity index (χ0n) is 22.6. The van der Waals surface area contributed by atoms with Crippen LogP contribution in [0.1, 0.15) is 55.3 Å². The van der Waals surface area contributed by atoms with Gasteiger partial charge in [-0.2, -0.15) is 0 Å². The minimum atomic E-state index is -0.812. The molecular weight excluding hydrogens is 508 g/mol. The topological polar surface area (TPSA) is 130 Å². The number of ether oxygens (including phenoxy) is 1. The second-order valence-corrected chi connectivity index (χ2v) is 9.94. The normalized spacial score (nSPS) is 12.1. The standard InChI is InChI=1S/C31H32N4O5/c1-19-24(25-17-23(39-2)14-15-26(25)32-19)18-28(36)33-27(10-4-3-5-11-29(37)38)31-35-34-30(40-31)22-13-12-20-8-6-7-9-21(20)16-22/h6-9,12-17,27,32H,3-5,10-11,18H2,1-2H3,(H,33,36)(H,37,38)/t27-/m0/s1. The van der Waals surface area contributed by atoms with Gasteiger partial charge in [0, 0.05) is 28.6 Å². The van der Waals surface area contributed by atoms with Gasteiger partial charge in [-0.05, 0) is 66.4 Å². The van der Waals surface area contributed by atoms with Crippen LogP contribution in [0.3, 0.4) is 0 Å². The van der Waals surface area contributed by atoms with Crippen molar-refractivity contribution in [3.8, 4) is 17.2 Å². The fourth-order valence-corrected chi connectivity index (χ4v) is 5.00. The first-order valence-electron chi connectivity index (χ1n) is 13.4. The van der Waals surface area contributed by atoms with Gasteiger partial charge in [0.15, 0.2) is 0 Å². The molecule has 5 aromatic rings. The van der Waals surface area contributed by atoms with Crippen LogP contribution in [-0.2, 0) is 16.0 Å². The number of benzene rings is 3. The summed E-state index contributed by atoms with van der Waals surface area (Å²) in [6.45, 7) is 1.95. The van der Waals surface area contributed by atoms with Gasteiger partial charge in [-0.1, -0.05) is 43.2 Å². The molecule has 0 radical (unpaired) electrons. The first-order chi connectivity index (χ1) is 19.4. The van der Waals surface area contributed by atoms with Crippen LogP contribution in [0.25, 0.3) is 33.1 Å². The number of carbonyl (C=O) groups excluding carboxylic acids is 1. The van der Waals surface area contributed by atoms with Gasteiger partial charge in [0.1, 0.15) is 11.8 Å². The first kappa shape index (κ1) is 26.9. The van der Waals surface area contributed by atoms with E-state index in [1.807, 2.05) is 67.6 Å². The number of aryl methyl sites for hydroxylation is 1. The number of amides is 1. The van der Waals surface area contributed by atoms with Gasteiger partial charge in [0.25, 0.3) is 0 Å². The van der Waals surface area contributed by atoms with Crippen LogP contribution in [0.15, 0.2) is 65.1 Å². The maximum Gasteiger partial charge on any atom is 0.303 e. The van der Waals surface area contributed by atoms with Crippen LogP contribution in [-0.4, -0.2) is 39.3 Å². The Morgan fingerprint density at radius 3 is 2.65 bits per heavy atom. The molecule has 0 spiro atoms. The van der Waals surface area contributed by atoms with Crippen molar-refractivity contribution in [1.29, 1.82) is 0 Å². The van der Waals surface area contributed by atoms with Gasteiger partial charge in [0.05, 0.1) is 13.5 Å². The largest absolute Gasteiger partial charge is 0.497 e. The van der Waals surface area contributed by atoms with Crippen molar-refractivity contribution >= 4 is 33.6 Å². The maximum atomic E-state index is 13.3. The van der Waals surface area contributed by atoms with Gasteiger partial charge in [-0.3, -0.25) is 9.59 Å². The van der Waals surface area contributed by atoms with Crippen LogP contribution in [0.2, 0.25) is 0 Å². The number of aliphatic carboxylic acids is 1. The number of unbranched alkanes of at least 4 members (excludes halogenated alkanes) is 2. The molecule has 0 aliphatic carbocycles. The Balaban J connectivity index is 1.35. The molecule has 0 fully saturated rings. The number of carboxylic acids is 1. The average molecular weight is 541 g/mol. The smallest absolute Gasteiger partial charge is 0.303 e. The molecule has 0 saturated heterocycles. The number of nitrogens with zero attached hydrogens (tertiary/aromatic N) is 2. The van der Waals surface area contributed by atoms with Crippen LogP contribution in [0.4, 0.5) is 0 Å². The molecule has 3 aromatic carbocycles. The van der Waals surface area contributed by atoms with Gasteiger partial charge in [0.2, 0.25) is 17.7 Å². The van der Waals surface area contributed by atoms with E-state index < -0.39 is 12.0 Å². The fraction of sp³-hybridized carbons (Fsp3) is 0.290. The highest BCUT2D eigenvalue weighted by molar-refractivity contribution is 5.91. The van der Waals surface area contributed by atoms with E-state index >= 15 is 0 Å². The van der Waals surface area contributed by atoms with Crippen molar-refractivity contribution in [1.82, 2.24) is 20.5 Å². The zero-order chi connectivity index (χ0) is 28.1. The maximum absolute atomic E-state index is 13.3. The summed E-state index contributed by atoms with van der Waals surface area (Å²) in [5, 5.41) is 23.7. The van der Waals surface area contributed by atoms with E-state index in [0.717, 1.165) is 44.2 Å². The van der Waals surface area contributed by atoms with E-state index in [1.165, 1.54) is 0 Å². The van der Waals surface area contributed by atoms with E-state index in [0.29, 0.717) is 37.5 Å². The second kappa shape index (κ2) is 12.0. The van der Waals surface area contributed by atoms with Crippen molar-refractivity contribution in [2.24, 2.45) is 0 Å². The molecule has 0 unspecified atom stereocenters. The average Bonchev–Trinajstić information content (AvgIpc) is 3.56. The lowest BCUT2D eigenvalue weighted by Crippen LogP contribution is -2.30. The van der Waals surface area contributed by atoms with Gasteiger partial charge < -0.3 is 24.6 Å². The second-order valence-electron chi connectivity index (χ2n) is 9.94. The van der Waals surface area contributed by atoms with Crippen molar-refractivity contribution in [3.05, 3.63) is 77.8 Å². The van der Waals surface area contributed by atoms with Crippen molar-refractivity contribution in [3.63, 3.8) is 0 Å². The molecule has 0 saturated carbocycles. The number of methoxy groups -OCH3 is 1. The number of nitrogens with one attached hydrogen (secondary N) is 2. The predicted octanol–water partition coefficient (Wildman–Crippen LogP) is 6.12. The van der Waals surface area contributed by atoms with Crippen molar-refractivity contribution in [2.45, 2.75) is 51.5 Å². The lowest BCUT2D eigenvalue weighted by atomic mass is 10.0. The number of H-pyrrole nitrogens is 1. The van der Waals surface area contributed by atoms with Crippen LogP contribution in [0, 0.1) is 6.92 Å². The Hall–Kier alpha value is -4.66. The Bertz CT molecular complexity index is 1650. The highest BCUT2D eigenvalue weighted by Crippen LogP contribution is 2.29. The zero-order valence-corrected chi connectivity index (χ0v) is 22.6. The molecule has 2 aromatic heterocycles. The summed E-state index contributed by atoms with van der Waals surface area (Å²) in [5.41, 5.74) is 3.55. The minimum absolute atomic E-state index is 0.118. The monoisotopic (exact) mass is 540 g/mol. The molecule has 1 amide bonds. The van der Waals surface area contributed by atoms with E-state index in [4.69, 9.17) is 14.3 Å². The van der Waals surface area contributed by atoms with Gasteiger partial charge in [-0.25, -0.2) is 0 Å². The number of fused-ring (bicyclic) bond motifs is 2. The van der Waals surface area contributed by atoms with Crippen molar-refractivity contribution in [2.75, 3.05) is 7.11 Å². The number of rotatable bonds is 12. The summed E-state index contributed by atoms with van der Waals surface area (Å²) < 4.78 is 11.5. The molecule has 0 aliphatic heterocycles. The molecule has 1 atom stereocenters.